The summed E-state index contributed by atoms with van der Waals surface area (Å²) < 4.78 is 18.4. The van der Waals surface area contributed by atoms with Crippen LogP contribution in [0.15, 0.2) is 18.2 Å². The minimum absolute atomic E-state index is 0.101. The van der Waals surface area contributed by atoms with Gasteiger partial charge in [0.25, 0.3) is 0 Å². The van der Waals surface area contributed by atoms with Gasteiger partial charge in [0.05, 0.1) is 4.92 Å². The van der Waals surface area contributed by atoms with Crippen LogP contribution in [0.2, 0.25) is 0 Å². The zero-order chi connectivity index (χ0) is 16.1. The molecule has 0 saturated carbocycles. The third-order valence-corrected chi connectivity index (χ3v) is 3.89. The van der Waals surface area contributed by atoms with Crippen LogP contribution in [0.25, 0.3) is 0 Å². The Labute approximate surface area is 128 Å². The lowest BCUT2D eigenvalue weighted by atomic mass is 9.99. The van der Waals surface area contributed by atoms with E-state index in [1.165, 1.54) is 0 Å². The van der Waals surface area contributed by atoms with Crippen molar-refractivity contribution in [3.8, 4) is 5.75 Å². The number of ether oxygens (including phenoxy) is 1. The van der Waals surface area contributed by atoms with Crippen molar-refractivity contribution in [1.29, 1.82) is 0 Å². The molecular formula is C15H21FN2O4. The fraction of sp³-hybridized carbons (Fsp3) is 0.600. The molecule has 0 aromatic heterocycles. The van der Waals surface area contributed by atoms with Crippen LogP contribution in [0.4, 0.5) is 10.1 Å². The highest BCUT2D eigenvalue weighted by molar-refractivity contribution is 5.46. The maximum absolute atomic E-state index is 13.2. The van der Waals surface area contributed by atoms with Crippen LogP contribution in [-0.4, -0.2) is 47.3 Å². The number of nitro benzene ring substituents is 1. The largest absolute Gasteiger partial charge is 0.484 e. The average molecular weight is 312 g/mol. The molecule has 1 aromatic rings. The number of halogens is 1. The van der Waals surface area contributed by atoms with Crippen molar-refractivity contribution >= 4 is 5.69 Å². The van der Waals surface area contributed by atoms with Gasteiger partial charge in [0, 0.05) is 18.7 Å². The number of benzene rings is 1. The third-order valence-electron chi connectivity index (χ3n) is 3.89. The Morgan fingerprint density at radius 2 is 2.18 bits per heavy atom. The molecule has 0 radical (unpaired) electrons. The Balaban J connectivity index is 1.87. The van der Waals surface area contributed by atoms with Gasteiger partial charge < -0.3 is 14.7 Å². The van der Waals surface area contributed by atoms with E-state index in [4.69, 9.17) is 4.74 Å². The lowest BCUT2D eigenvalue weighted by molar-refractivity contribution is -0.386. The zero-order valence-electron chi connectivity index (χ0n) is 12.6. The van der Waals surface area contributed by atoms with Gasteiger partial charge >= 0.3 is 5.69 Å². The number of rotatable bonds is 6. The molecule has 2 rings (SSSR count). The van der Waals surface area contributed by atoms with E-state index in [2.05, 4.69) is 11.8 Å². The molecular weight excluding hydrogens is 291 g/mol. The van der Waals surface area contributed by atoms with Crippen molar-refractivity contribution < 1.29 is 19.2 Å². The summed E-state index contributed by atoms with van der Waals surface area (Å²) in [4.78, 5) is 12.4. The van der Waals surface area contributed by atoms with Crippen molar-refractivity contribution in [3.05, 3.63) is 34.1 Å². The van der Waals surface area contributed by atoms with E-state index in [-0.39, 0.29) is 18.0 Å². The summed E-state index contributed by atoms with van der Waals surface area (Å²) in [7, 11) is 0. The number of hydrogen-bond donors (Lipinski definition) is 1. The number of aliphatic hydroxyl groups is 1. The van der Waals surface area contributed by atoms with Crippen molar-refractivity contribution in [3.63, 3.8) is 0 Å². The second-order valence-corrected chi connectivity index (χ2v) is 5.82. The molecule has 0 amide bonds. The van der Waals surface area contributed by atoms with Crippen molar-refractivity contribution in [2.45, 2.75) is 25.9 Å². The molecule has 1 fully saturated rings. The van der Waals surface area contributed by atoms with E-state index >= 15 is 0 Å². The van der Waals surface area contributed by atoms with E-state index in [9.17, 15) is 19.6 Å². The molecule has 1 atom stereocenters. The number of aliphatic hydroxyl groups excluding tert-OH is 1. The SMILES string of the molecule is CC1CCN(CC(O)COc2cc(F)ccc2[N+](=O)[O-])CC1. The fourth-order valence-electron chi connectivity index (χ4n) is 2.54. The van der Waals surface area contributed by atoms with Gasteiger partial charge in [0.1, 0.15) is 18.5 Å². The highest BCUT2D eigenvalue weighted by atomic mass is 19.1. The number of piperidine rings is 1. The normalized spacial score (nSPS) is 18.1. The molecule has 1 N–H and O–H groups in total. The molecule has 1 aromatic carbocycles. The number of nitro groups is 1. The van der Waals surface area contributed by atoms with Gasteiger partial charge in [-0.3, -0.25) is 10.1 Å². The molecule has 6 nitrogen and oxygen atoms in total. The first kappa shape index (κ1) is 16.6. The van der Waals surface area contributed by atoms with Crippen LogP contribution in [0.5, 0.6) is 5.75 Å². The predicted octanol–water partition coefficient (Wildman–Crippen LogP) is 2.21. The maximum Gasteiger partial charge on any atom is 0.311 e. The van der Waals surface area contributed by atoms with Crippen LogP contribution in [0.1, 0.15) is 19.8 Å². The molecule has 7 heteroatoms. The Morgan fingerprint density at radius 1 is 1.50 bits per heavy atom. The van der Waals surface area contributed by atoms with Gasteiger partial charge in [-0.05, 0) is 37.9 Å². The average Bonchev–Trinajstić information content (AvgIpc) is 2.47. The molecule has 1 unspecified atom stereocenters. The third kappa shape index (κ3) is 4.64. The first-order chi connectivity index (χ1) is 10.5. The second kappa shape index (κ2) is 7.51. The molecule has 1 aliphatic rings. The summed E-state index contributed by atoms with van der Waals surface area (Å²) in [6.07, 6.45) is 1.43. The van der Waals surface area contributed by atoms with E-state index in [1.807, 2.05) is 0 Å². The van der Waals surface area contributed by atoms with Crippen LogP contribution in [0.3, 0.4) is 0 Å². The monoisotopic (exact) mass is 312 g/mol. The highest BCUT2D eigenvalue weighted by Gasteiger charge is 2.20. The summed E-state index contributed by atoms with van der Waals surface area (Å²) in [6.45, 7) is 4.42. The summed E-state index contributed by atoms with van der Waals surface area (Å²) in [5, 5.41) is 20.9. The molecule has 22 heavy (non-hydrogen) atoms. The first-order valence-corrected chi connectivity index (χ1v) is 7.43. The quantitative estimate of drug-likeness (QED) is 0.644. The number of likely N-dealkylation sites (tertiary alicyclic amines) is 1. The predicted molar refractivity (Wildman–Crippen MR) is 79.4 cm³/mol. The lowest BCUT2D eigenvalue weighted by Crippen LogP contribution is -2.40. The molecule has 0 bridgehead atoms. The van der Waals surface area contributed by atoms with Crippen LogP contribution in [-0.2, 0) is 0 Å². The molecule has 0 aliphatic carbocycles. The summed E-state index contributed by atoms with van der Waals surface area (Å²) in [5.74, 6) is -0.0592. The van der Waals surface area contributed by atoms with Crippen molar-refractivity contribution in [2.24, 2.45) is 5.92 Å². The Morgan fingerprint density at radius 3 is 2.82 bits per heavy atom. The minimum atomic E-state index is -0.767. The molecule has 0 spiro atoms. The first-order valence-electron chi connectivity index (χ1n) is 7.43. The van der Waals surface area contributed by atoms with E-state index in [0.29, 0.717) is 12.5 Å². The van der Waals surface area contributed by atoms with Gasteiger partial charge in [-0.25, -0.2) is 4.39 Å². The maximum atomic E-state index is 13.2. The standard InChI is InChI=1S/C15H21FN2O4/c1-11-4-6-17(7-5-11)9-13(19)10-22-15-8-12(16)2-3-14(15)18(20)21/h2-3,8,11,13,19H,4-7,9-10H2,1H3. The summed E-state index contributed by atoms with van der Waals surface area (Å²) >= 11 is 0. The van der Waals surface area contributed by atoms with E-state index in [0.717, 1.165) is 44.1 Å². The zero-order valence-corrected chi connectivity index (χ0v) is 12.6. The fourth-order valence-corrected chi connectivity index (χ4v) is 2.54. The highest BCUT2D eigenvalue weighted by Crippen LogP contribution is 2.27. The van der Waals surface area contributed by atoms with Gasteiger partial charge in [-0.2, -0.15) is 0 Å². The van der Waals surface area contributed by atoms with Gasteiger partial charge in [-0.1, -0.05) is 6.92 Å². The molecule has 1 aliphatic heterocycles. The van der Waals surface area contributed by atoms with Crippen molar-refractivity contribution in [1.82, 2.24) is 4.90 Å². The van der Waals surface area contributed by atoms with E-state index < -0.39 is 16.8 Å². The van der Waals surface area contributed by atoms with E-state index in [1.54, 1.807) is 0 Å². The van der Waals surface area contributed by atoms with Gasteiger partial charge in [-0.15, -0.1) is 0 Å². The molecule has 1 heterocycles. The van der Waals surface area contributed by atoms with Gasteiger partial charge in [0.15, 0.2) is 5.75 Å². The van der Waals surface area contributed by atoms with Crippen molar-refractivity contribution in [2.75, 3.05) is 26.2 Å². The smallest absolute Gasteiger partial charge is 0.311 e. The number of hydrogen-bond acceptors (Lipinski definition) is 5. The number of β-amino-alcohol motifs (C(OH)–C–C–N with tert-alkyl or cyclic N) is 1. The second-order valence-electron chi connectivity index (χ2n) is 5.82. The Kier molecular flexibility index (Phi) is 5.68. The van der Waals surface area contributed by atoms with Crippen LogP contribution in [0, 0.1) is 21.8 Å². The Hall–Kier alpha value is -1.73. The summed E-state index contributed by atoms with van der Waals surface area (Å²) in [5.41, 5.74) is -0.305. The van der Waals surface area contributed by atoms with Crippen LogP contribution >= 0.6 is 0 Å². The lowest BCUT2D eigenvalue weighted by Gasteiger charge is -2.31. The topological polar surface area (TPSA) is 75.8 Å². The molecule has 122 valence electrons. The minimum Gasteiger partial charge on any atom is -0.484 e. The van der Waals surface area contributed by atoms with Crippen LogP contribution < -0.4 is 4.74 Å². The summed E-state index contributed by atoms with van der Waals surface area (Å²) in [6, 6.07) is 3.03. The van der Waals surface area contributed by atoms with Gasteiger partial charge in [0.2, 0.25) is 0 Å². The Bertz CT molecular complexity index is 518. The molecule has 1 saturated heterocycles. The number of nitrogens with zero attached hydrogens (tertiary/aromatic N) is 2.